The van der Waals surface area contributed by atoms with Crippen molar-refractivity contribution in [2.45, 2.75) is 24.4 Å². The predicted molar refractivity (Wildman–Crippen MR) is 41.6 cm³/mol. The van der Waals surface area contributed by atoms with Crippen molar-refractivity contribution < 1.29 is 23.1 Å². The summed E-state index contributed by atoms with van der Waals surface area (Å²) in [5.41, 5.74) is 2.90. The summed E-state index contributed by atoms with van der Waals surface area (Å²) in [7, 11) is 1.27. The van der Waals surface area contributed by atoms with Gasteiger partial charge in [0, 0.05) is 7.05 Å². The molecule has 0 heterocycles. The number of halogens is 2. The summed E-state index contributed by atoms with van der Waals surface area (Å²) in [6.07, 6.45) is -2.87. The van der Waals surface area contributed by atoms with E-state index in [4.69, 9.17) is 0 Å². The second-order valence-electron chi connectivity index (χ2n) is 3.20. The van der Waals surface area contributed by atoms with E-state index < -0.39 is 36.4 Å². The summed E-state index contributed by atoms with van der Waals surface area (Å²) < 4.78 is 29.5. The topological polar surface area (TPSA) is 81.4 Å². The van der Waals surface area contributed by atoms with Crippen molar-refractivity contribution in [3.63, 3.8) is 0 Å². The third-order valence-corrected chi connectivity index (χ3v) is 2.03. The van der Waals surface area contributed by atoms with Crippen molar-refractivity contribution in [3.05, 3.63) is 0 Å². The summed E-state index contributed by atoms with van der Waals surface area (Å²) in [6.45, 7) is 0. The summed E-state index contributed by atoms with van der Waals surface area (Å²) in [6, 6.07) is 0. The Bertz CT molecular complexity index is 272. The van der Waals surface area contributed by atoms with Gasteiger partial charge in [0.2, 0.25) is 5.60 Å². The molecule has 0 bridgehead atoms. The van der Waals surface area contributed by atoms with Gasteiger partial charge in [-0.1, -0.05) is 0 Å². The number of amides is 2. The van der Waals surface area contributed by atoms with Crippen LogP contribution in [0.3, 0.4) is 0 Å². The lowest BCUT2D eigenvalue weighted by atomic mass is 9.75. The Labute approximate surface area is 78.6 Å². The molecule has 0 aromatic heterocycles. The smallest absolute Gasteiger partial charge is 0.405 e. The maximum absolute atomic E-state index is 12.6. The molecule has 0 aromatic rings. The Morgan fingerprint density at radius 3 is 2.21 bits per heavy atom. The van der Waals surface area contributed by atoms with Crippen molar-refractivity contribution >= 4 is 12.0 Å². The van der Waals surface area contributed by atoms with Crippen molar-refractivity contribution in [3.8, 4) is 0 Å². The van der Waals surface area contributed by atoms with Gasteiger partial charge in [-0.3, -0.25) is 4.79 Å². The van der Waals surface area contributed by atoms with Crippen molar-refractivity contribution in [2.75, 3.05) is 7.05 Å². The molecule has 80 valence electrons. The van der Waals surface area contributed by atoms with Crippen molar-refractivity contribution in [1.82, 2.24) is 5.32 Å². The molecule has 0 saturated heterocycles. The molecule has 3 N–H and O–H groups in total. The number of alkyl halides is 2. The first kappa shape index (κ1) is 10.7. The van der Waals surface area contributed by atoms with Crippen LogP contribution >= 0.6 is 0 Å². The van der Waals surface area contributed by atoms with Crippen LogP contribution in [0.2, 0.25) is 0 Å². The van der Waals surface area contributed by atoms with E-state index in [-0.39, 0.29) is 0 Å². The number of hydrogen-bond donors (Lipinski definition) is 2. The Hall–Kier alpha value is -1.40. The highest BCUT2D eigenvalue weighted by molar-refractivity contribution is 5.88. The molecule has 1 fully saturated rings. The predicted octanol–water partition coefficient (Wildman–Crippen LogP) is -0.00440. The second kappa shape index (κ2) is 3.07. The van der Waals surface area contributed by atoms with Gasteiger partial charge in [-0.25, -0.2) is 13.6 Å². The molecule has 1 aliphatic rings. The first-order valence-electron chi connectivity index (χ1n) is 3.90. The third kappa shape index (κ3) is 1.75. The van der Waals surface area contributed by atoms with Gasteiger partial charge in [0.1, 0.15) is 0 Å². The minimum atomic E-state index is -2.97. The van der Waals surface area contributed by atoms with E-state index in [9.17, 15) is 18.4 Å². The molecule has 7 heteroatoms. The normalized spacial score (nSPS) is 21.9. The molecule has 0 aliphatic heterocycles. The number of carbonyl (C=O) groups is 2. The van der Waals surface area contributed by atoms with E-state index in [2.05, 4.69) is 15.8 Å². The van der Waals surface area contributed by atoms with Crippen LogP contribution in [0, 0.1) is 0 Å². The summed E-state index contributed by atoms with van der Waals surface area (Å²) in [5.74, 6) is -3.73. The zero-order chi connectivity index (χ0) is 11.0. The quantitative estimate of drug-likeness (QED) is 0.669. The van der Waals surface area contributed by atoms with Crippen LogP contribution in [0.4, 0.5) is 13.6 Å². The minimum absolute atomic E-state index is 0.762. The number of ether oxygens (including phenoxy) is 1. The molecular formula is C7H10F2N2O3. The van der Waals surface area contributed by atoms with Gasteiger partial charge >= 0.3 is 6.09 Å². The zero-order valence-electron chi connectivity index (χ0n) is 7.47. The van der Waals surface area contributed by atoms with Crippen molar-refractivity contribution in [1.29, 1.82) is 0 Å². The maximum atomic E-state index is 12.6. The number of nitrogens with one attached hydrogen (secondary N) is 1. The number of rotatable bonds is 2. The van der Waals surface area contributed by atoms with E-state index in [0.717, 1.165) is 0 Å². The van der Waals surface area contributed by atoms with Crippen LogP contribution in [-0.4, -0.2) is 30.6 Å². The van der Waals surface area contributed by atoms with Crippen molar-refractivity contribution in [2.24, 2.45) is 5.73 Å². The van der Waals surface area contributed by atoms with Gasteiger partial charge in [0.15, 0.2) is 0 Å². The van der Waals surface area contributed by atoms with Gasteiger partial charge in [0.05, 0.1) is 12.8 Å². The molecule has 0 atom stereocenters. The van der Waals surface area contributed by atoms with Crippen LogP contribution in [-0.2, 0) is 9.53 Å². The van der Waals surface area contributed by atoms with Crippen LogP contribution in [0.15, 0.2) is 0 Å². The van der Waals surface area contributed by atoms with E-state index in [1.807, 2.05) is 0 Å². The highest BCUT2D eigenvalue weighted by Crippen LogP contribution is 2.48. The number of nitrogens with two attached hydrogens (primary N) is 1. The van der Waals surface area contributed by atoms with Gasteiger partial charge in [-0.15, -0.1) is 0 Å². The van der Waals surface area contributed by atoms with Gasteiger partial charge in [-0.05, 0) is 0 Å². The number of primary amides is 1. The maximum Gasteiger partial charge on any atom is 0.405 e. The van der Waals surface area contributed by atoms with Gasteiger partial charge in [0.25, 0.3) is 11.8 Å². The minimum Gasteiger partial charge on any atom is -0.432 e. The standard InChI is InChI=1S/C7H10F2N2O3/c1-11-4(12)6(14-5(10)13)2-7(8,9)3-6/h2-3H2,1H3,(H2,10,13)(H,11,12). The Kier molecular flexibility index (Phi) is 2.34. The third-order valence-electron chi connectivity index (χ3n) is 2.03. The lowest BCUT2D eigenvalue weighted by Crippen LogP contribution is -2.62. The second-order valence-corrected chi connectivity index (χ2v) is 3.20. The molecule has 1 aliphatic carbocycles. The lowest BCUT2D eigenvalue weighted by Gasteiger charge is -2.43. The van der Waals surface area contributed by atoms with Gasteiger partial charge in [-0.2, -0.15) is 0 Å². The molecule has 1 saturated carbocycles. The van der Waals surface area contributed by atoms with E-state index >= 15 is 0 Å². The molecular weight excluding hydrogens is 198 g/mol. The highest BCUT2D eigenvalue weighted by atomic mass is 19.3. The lowest BCUT2D eigenvalue weighted by molar-refractivity contribution is -0.206. The summed E-state index contributed by atoms with van der Waals surface area (Å²) in [5, 5.41) is 2.15. The average Bonchev–Trinajstić information content (AvgIpc) is 1.97. The van der Waals surface area contributed by atoms with E-state index in [1.54, 1.807) is 0 Å². The zero-order valence-corrected chi connectivity index (χ0v) is 7.47. The average molecular weight is 208 g/mol. The Morgan fingerprint density at radius 2 is 1.93 bits per heavy atom. The molecule has 0 aromatic carbocycles. The number of likely N-dealkylation sites (N-methyl/N-ethyl adjacent to an activating group) is 1. The fourth-order valence-electron chi connectivity index (χ4n) is 1.48. The molecule has 2 amide bonds. The first-order valence-corrected chi connectivity index (χ1v) is 3.90. The number of carbonyl (C=O) groups excluding carboxylic acids is 2. The summed E-state index contributed by atoms with van der Waals surface area (Å²) in [4.78, 5) is 21.6. The number of hydrogen-bond acceptors (Lipinski definition) is 3. The molecule has 0 spiro atoms. The fourth-order valence-corrected chi connectivity index (χ4v) is 1.48. The molecule has 0 radical (unpaired) electrons. The van der Waals surface area contributed by atoms with Crippen LogP contribution in [0.5, 0.6) is 0 Å². The highest BCUT2D eigenvalue weighted by Gasteiger charge is 2.63. The molecule has 1 rings (SSSR count). The molecule has 0 unspecified atom stereocenters. The Balaban J connectivity index is 2.74. The first-order chi connectivity index (χ1) is 6.31. The van der Waals surface area contributed by atoms with Crippen LogP contribution in [0.25, 0.3) is 0 Å². The molecule has 5 nitrogen and oxygen atoms in total. The largest absolute Gasteiger partial charge is 0.432 e. The SMILES string of the molecule is CNC(=O)C1(OC(N)=O)CC(F)(F)C1. The Morgan fingerprint density at radius 1 is 1.43 bits per heavy atom. The van der Waals surface area contributed by atoms with Crippen LogP contribution in [0.1, 0.15) is 12.8 Å². The van der Waals surface area contributed by atoms with Crippen LogP contribution < -0.4 is 11.1 Å². The van der Waals surface area contributed by atoms with Gasteiger partial charge < -0.3 is 15.8 Å². The van der Waals surface area contributed by atoms with E-state index in [1.165, 1.54) is 7.05 Å². The van der Waals surface area contributed by atoms with E-state index in [0.29, 0.717) is 0 Å². The summed E-state index contributed by atoms with van der Waals surface area (Å²) >= 11 is 0. The fraction of sp³-hybridized carbons (Fsp3) is 0.714. The monoisotopic (exact) mass is 208 g/mol. The molecule has 14 heavy (non-hydrogen) atoms.